The van der Waals surface area contributed by atoms with Crippen molar-refractivity contribution in [2.75, 3.05) is 18.4 Å². The summed E-state index contributed by atoms with van der Waals surface area (Å²) in [4.78, 5) is 13.8. The number of carbonyl (C=O) groups is 1. The third-order valence-corrected chi connectivity index (χ3v) is 4.56. The molecule has 2 aliphatic heterocycles. The summed E-state index contributed by atoms with van der Waals surface area (Å²) in [5.74, 6) is -0.273. The summed E-state index contributed by atoms with van der Waals surface area (Å²) in [6, 6.07) is 9.28. The smallest absolute Gasteiger partial charge is 0.221 e. The van der Waals surface area contributed by atoms with Gasteiger partial charge in [0.1, 0.15) is 0 Å². The molecule has 2 saturated heterocycles. The zero-order valence-corrected chi connectivity index (χ0v) is 11.8. The molecule has 2 atom stereocenters. The molecule has 0 aliphatic carbocycles. The second-order valence-electron chi connectivity index (χ2n) is 6.00. The highest BCUT2D eigenvalue weighted by Crippen LogP contribution is 2.29. The van der Waals surface area contributed by atoms with Gasteiger partial charge in [-0.2, -0.15) is 0 Å². The van der Waals surface area contributed by atoms with E-state index in [1.807, 2.05) is 18.2 Å². The van der Waals surface area contributed by atoms with E-state index < -0.39 is 0 Å². The second-order valence-corrected chi connectivity index (χ2v) is 6.00. The number of carbonyl (C=O) groups excluding carboxylic acids is 1. The van der Waals surface area contributed by atoms with Gasteiger partial charge in [-0.15, -0.1) is 0 Å². The Labute approximate surface area is 120 Å². The standard InChI is InChI=1S/C16H23N3O/c17-16(20)10-12-4-1-2-6-15(12)18-13-7-9-19-8-3-5-14(19)11-13/h1-2,4,6,13-14,18H,3,5,7-11H2,(H2,17,20). The highest BCUT2D eigenvalue weighted by molar-refractivity contribution is 5.78. The van der Waals surface area contributed by atoms with Crippen LogP contribution < -0.4 is 11.1 Å². The normalized spacial score (nSPS) is 26.2. The number of hydrogen-bond acceptors (Lipinski definition) is 3. The number of nitrogens with zero attached hydrogens (tertiary/aromatic N) is 1. The molecule has 1 aromatic carbocycles. The Morgan fingerprint density at radius 2 is 2.15 bits per heavy atom. The Balaban J connectivity index is 1.67. The van der Waals surface area contributed by atoms with Crippen LogP contribution in [0, 0.1) is 0 Å². The van der Waals surface area contributed by atoms with E-state index in [4.69, 9.17) is 5.73 Å². The van der Waals surface area contributed by atoms with Crippen LogP contribution in [0.1, 0.15) is 31.2 Å². The molecule has 0 radical (unpaired) electrons. The number of piperidine rings is 1. The van der Waals surface area contributed by atoms with Crippen LogP contribution in [-0.2, 0) is 11.2 Å². The van der Waals surface area contributed by atoms with Crippen molar-refractivity contribution in [3.05, 3.63) is 29.8 Å². The molecule has 20 heavy (non-hydrogen) atoms. The molecule has 0 spiro atoms. The molecule has 4 heteroatoms. The zero-order valence-electron chi connectivity index (χ0n) is 11.8. The maximum absolute atomic E-state index is 11.2. The van der Waals surface area contributed by atoms with Crippen molar-refractivity contribution in [2.24, 2.45) is 5.73 Å². The topological polar surface area (TPSA) is 58.4 Å². The van der Waals surface area contributed by atoms with Gasteiger partial charge in [-0.25, -0.2) is 0 Å². The Morgan fingerprint density at radius 1 is 1.30 bits per heavy atom. The van der Waals surface area contributed by atoms with E-state index in [1.54, 1.807) is 0 Å². The number of amides is 1. The monoisotopic (exact) mass is 273 g/mol. The number of benzene rings is 1. The van der Waals surface area contributed by atoms with Gasteiger partial charge in [0.15, 0.2) is 0 Å². The molecular weight excluding hydrogens is 250 g/mol. The van der Waals surface area contributed by atoms with Crippen molar-refractivity contribution in [1.82, 2.24) is 4.90 Å². The summed E-state index contributed by atoms with van der Waals surface area (Å²) >= 11 is 0. The highest BCUT2D eigenvalue weighted by Gasteiger charge is 2.31. The quantitative estimate of drug-likeness (QED) is 0.878. The minimum atomic E-state index is -0.273. The lowest BCUT2D eigenvalue weighted by Crippen LogP contribution is -2.42. The first-order valence-electron chi connectivity index (χ1n) is 7.59. The van der Waals surface area contributed by atoms with Crippen LogP contribution in [0.25, 0.3) is 0 Å². The van der Waals surface area contributed by atoms with Crippen LogP contribution in [0.15, 0.2) is 24.3 Å². The number of nitrogens with one attached hydrogen (secondary N) is 1. The molecule has 0 aromatic heterocycles. The predicted molar refractivity (Wildman–Crippen MR) is 80.6 cm³/mol. The van der Waals surface area contributed by atoms with E-state index in [0.29, 0.717) is 12.5 Å². The van der Waals surface area contributed by atoms with Crippen molar-refractivity contribution >= 4 is 11.6 Å². The Hall–Kier alpha value is -1.55. The van der Waals surface area contributed by atoms with Crippen molar-refractivity contribution in [3.8, 4) is 0 Å². The van der Waals surface area contributed by atoms with E-state index in [2.05, 4.69) is 16.3 Å². The predicted octanol–water partition coefficient (Wildman–Crippen LogP) is 1.75. The van der Waals surface area contributed by atoms with Crippen LogP contribution in [0.5, 0.6) is 0 Å². The fraction of sp³-hybridized carbons (Fsp3) is 0.562. The summed E-state index contributed by atoms with van der Waals surface area (Å²) < 4.78 is 0. The molecule has 2 aliphatic rings. The fourth-order valence-electron chi connectivity index (χ4n) is 3.58. The van der Waals surface area contributed by atoms with E-state index >= 15 is 0 Å². The molecule has 1 amide bonds. The van der Waals surface area contributed by atoms with E-state index in [-0.39, 0.29) is 5.91 Å². The SMILES string of the molecule is NC(=O)Cc1ccccc1NC1CCN2CCCC2C1. The lowest BCUT2D eigenvalue weighted by atomic mass is 9.96. The van der Waals surface area contributed by atoms with Crippen molar-refractivity contribution in [3.63, 3.8) is 0 Å². The first kappa shape index (κ1) is 13.4. The van der Waals surface area contributed by atoms with Crippen LogP contribution >= 0.6 is 0 Å². The molecular formula is C16H23N3O. The minimum absolute atomic E-state index is 0.273. The van der Waals surface area contributed by atoms with Crippen molar-refractivity contribution in [1.29, 1.82) is 0 Å². The Kier molecular flexibility index (Phi) is 3.92. The molecule has 3 N–H and O–H groups in total. The number of rotatable bonds is 4. The van der Waals surface area contributed by atoms with Gasteiger partial charge in [0.25, 0.3) is 0 Å². The third-order valence-electron chi connectivity index (χ3n) is 4.56. The number of primary amides is 1. The number of hydrogen-bond donors (Lipinski definition) is 2. The number of anilines is 1. The molecule has 2 unspecified atom stereocenters. The number of nitrogens with two attached hydrogens (primary N) is 1. The van der Waals surface area contributed by atoms with E-state index in [0.717, 1.165) is 17.3 Å². The fourth-order valence-corrected chi connectivity index (χ4v) is 3.58. The van der Waals surface area contributed by atoms with Gasteiger partial charge in [0.05, 0.1) is 6.42 Å². The van der Waals surface area contributed by atoms with Crippen molar-refractivity contribution < 1.29 is 4.79 Å². The number of para-hydroxylation sites is 1. The lowest BCUT2D eigenvalue weighted by molar-refractivity contribution is -0.117. The molecule has 1 aromatic rings. The summed E-state index contributed by atoms with van der Waals surface area (Å²) in [6.45, 7) is 2.47. The maximum atomic E-state index is 11.2. The van der Waals surface area contributed by atoms with Gasteiger partial charge in [0, 0.05) is 24.3 Å². The molecule has 3 rings (SSSR count). The number of fused-ring (bicyclic) bond motifs is 1. The maximum Gasteiger partial charge on any atom is 0.221 e. The Morgan fingerprint density at radius 3 is 3.00 bits per heavy atom. The summed E-state index contributed by atoms with van der Waals surface area (Å²) in [5, 5.41) is 3.63. The summed E-state index contributed by atoms with van der Waals surface area (Å²) in [6.07, 6.45) is 5.38. The van der Waals surface area contributed by atoms with Gasteiger partial charge in [-0.3, -0.25) is 4.79 Å². The van der Waals surface area contributed by atoms with Crippen LogP contribution in [0.4, 0.5) is 5.69 Å². The summed E-state index contributed by atoms with van der Waals surface area (Å²) in [7, 11) is 0. The molecule has 0 bridgehead atoms. The molecule has 4 nitrogen and oxygen atoms in total. The molecule has 2 fully saturated rings. The Bertz CT molecular complexity index is 488. The van der Waals surface area contributed by atoms with Crippen LogP contribution in [-0.4, -0.2) is 36.0 Å². The molecule has 108 valence electrons. The van der Waals surface area contributed by atoms with Gasteiger partial charge in [-0.05, 0) is 43.9 Å². The van der Waals surface area contributed by atoms with Crippen molar-refractivity contribution in [2.45, 2.75) is 44.2 Å². The highest BCUT2D eigenvalue weighted by atomic mass is 16.1. The average Bonchev–Trinajstić information content (AvgIpc) is 2.88. The largest absolute Gasteiger partial charge is 0.382 e. The van der Waals surface area contributed by atoms with Gasteiger partial charge in [-0.1, -0.05) is 18.2 Å². The second kappa shape index (κ2) is 5.83. The summed E-state index contributed by atoms with van der Waals surface area (Å²) in [5.41, 5.74) is 7.40. The van der Waals surface area contributed by atoms with Crippen LogP contribution in [0.2, 0.25) is 0 Å². The van der Waals surface area contributed by atoms with Gasteiger partial charge >= 0.3 is 0 Å². The van der Waals surface area contributed by atoms with Crippen LogP contribution in [0.3, 0.4) is 0 Å². The first-order valence-corrected chi connectivity index (χ1v) is 7.59. The lowest BCUT2D eigenvalue weighted by Gasteiger charge is -2.35. The molecule has 0 saturated carbocycles. The third kappa shape index (κ3) is 2.96. The van der Waals surface area contributed by atoms with Gasteiger partial charge < -0.3 is 16.0 Å². The first-order chi connectivity index (χ1) is 9.72. The average molecular weight is 273 g/mol. The van der Waals surface area contributed by atoms with Gasteiger partial charge in [0.2, 0.25) is 5.91 Å². The molecule has 2 heterocycles. The van der Waals surface area contributed by atoms with E-state index in [9.17, 15) is 4.79 Å². The zero-order chi connectivity index (χ0) is 13.9. The minimum Gasteiger partial charge on any atom is -0.382 e. The van der Waals surface area contributed by atoms with E-state index in [1.165, 1.54) is 38.8 Å².